The van der Waals surface area contributed by atoms with Crippen molar-refractivity contribution in [2.24, 2.45) is 0 Å². The number of hydrogen-bond donors (Lipinski definition) is 1. The molecule has 23 heavy (non-hydrogen) atoms. The van der Waals surface area contributed by atoms with Crippen LogP contribution in [0.25, 0.3) is 0 Å². The van der Waals surface area contributed by atoms with Crippen molar-refractivity contribution in [2.75, 3.05) is 12.3 Å². The van der Waals surface area contributed by atoms with E-state index in [-0.39, 0.29) is 17.1 Å². The van der Waals surface area contributed by atoms with E-state index in [4.69, 9.17) is 4.42 Å². The topological polar surface area (TPSA) is 102 Å². The lowest BCUT2D eigenvalue weighted by Gasteiger charge is -2.07. The van der Waals surface area contributed by atoms with Crippen LogP contribution < -0.4 is 4.72 Å². The van der Waals surface area contributed by atoms with Gasteiger partial charge in [0.15, 0.2) is 0 Å². The van der Waals surface area contributed by atoms with E-state index in [0.29, 0.717) is 17.1 Å². The number of aryl methyl sites for hydroxylation is 1. The second kappa shape index (κ2) is 7.62. The Bertz CT molecular complexity index is 772. The first-order chi connectivity index (χ1) is 10.9. The van der Waals surface area contributed by atoms with Crippen LogP contribution in [0, 0.1) is 17.0 Å². The van der Waals surface area contributed by atoms with Gasteiger partial charge < -0.3 is 4.42 Å². The van der Waals surface area contributed by atoms with Crippen LogP contribution in [-0.2, 0) is 15.8 Å². The van der Waals surface area contributed by atoms with E-state index >= 15 is 0 Å². The van der Waals surface area contributed by atoms with Crippen molar-refractivity contribution in [3.05, 3.63) is 58.0 Å². The van der Waals surface area contributed by atoms with Gasteiger partial charge in [-0.1, -0.05) is 6.07 Å². The lowest BCUT2D eigenvalue weighted by Crippen LogP contribution is -2.26. The summed E-state index contributed by atoms with van der Waals surface area (Å²) in [5, 5.41) is 10.9. The molecule has 1 aromatic heterocycles. The molecule has 0 aliphatic heterocycles. The average Bonchev–Trinajstić information content (AvgIpc) is 3.00. The summed E-state index contributed by atoms with van der Waals surface area (Å²) in [5.74, 6) is 2.05. The molecule has 0 atom stereocenters. The summed E-state index contributed by atoms with van der Waals surface area (Å²) >= 11 is 1.53. The van der Waals surface area contributed by atoms with Gasteiger partial charge in [-0.25, -0.2) is 13.1 Å². The lowest BCUT2D eigenvalue weighted by atomic mass is 10.2. The van der Waals surface area contributed by atoms with E-state index < -0.39 is 14.9 Å². The van der Waals surface area contributed by atoms with Crippen molar-refractivity contribution in [2.45, 2.75) is 17.6 Å². The number of rotatable bonds is 8. The molecular formula is C14H16N2O5S2. The molecule has 0 bridgehead atoms. The predicted molar refractivity (Wildman–Crippen MR) is 87.9 cm³/mol. The molecule has 0 radical (unpaired) electrons. The summed E-state index contributed by atoms with van der Waals surface area (Å²) in [4.78, 5) is 10.2. The fraction of sp³-hybridized carbons (Fsp3) is 0.286. The molecule has 0 aliphatic rings. The summed E-state index contributed by atoms with van der Waals surface area (Å²) in [7, 11) is -3.76. The fourth-order valence-electron chi connectivity index (χ4n) is 1.85. The molecule has 1 aromatic carbocycles. The van der Waals surface area contributed by atoms with Gasteiger partial charge in [0.25, 0.3) is 5.69 Å². The van der Waals surface area contributed by atoms with Crippen molar-refractivity contribution in [3.8, 4) is 0 Å². The van der Waals surface area contributed by atoms with Crippen LogP contribution >= 0.6 is 11.8 Å². The SMILES string of the molecule is Cc1ccc(S(=O)(=O)NCCSCc2ccco2)cc1[N+](=O)[O-]. The normalized spacial score (nSPS) is 11.5. The Morgan fingerprint density at radius 3 is 2.78 bits per heavy atom. The number of nitrogens with one attached hydrogen (secondary N) is 1. The van der Waals surface area contributed by atoms with Gasteiger partial charge in [-0.05, 0) is 25.1 Å². The summed E-state index contributed by atoms with van der Waals surface area (Å²) in [6.07, 6.45) is 1.59. The van der Waals surface area contributed by atoms with Gasteiger partial charge in [0.05, 0.1) is 21.8 Å². The zero-order valence-corrected chi connectivity index (χ0v) is 14.0. The molecule has 0 saturated carbocycles. The molecule has 0 unspecified atom stereocenters. The summed E-state index contributed by atoms with van der Waals surface area (Å²) in [5.41, 5.74) is 0.211. The van der Waals surface area contributed by atoms with E-state index in [2.05, 4.69) is 4.72 Å². The standard InChI is InChI=1S/C14H16N2O5S2/c1-11-4-5-13(9-14(11)16(17)18)23(19,20)15-6-8-22-10-12-3-2-7-21-12/h2-5,7,9,15H,6,8,10H2,1H3. The monoisotopic (exact) mass is 356 g/mol. The molecule has 0 amide bonds. The largest absolute Gasteiger partial charge is 0.468 e. The smallest absolute Gasteiger partial charge is 0.273 e. The highest BCUT2D eigenvalue weighted by atomic mass is 32.2. The molecule has 2 aromatic rings. The minimum Gasteiger partial charge on any atom is -0.468 e. The van der Waals surface area contributed by atoms with Crippen molar-refractivity contribution < 1.29 is 17.8 Å². The first-order valence-electron chi connectivity index (χ1n) is 6.75. The molecule has 9 heteroatoms. The van der Waals surface area contributed by atoms with Crippen LogP contribution in [0.3, 0.4) is 0 Å². The first kappa shape index (κ1) is 17.5. The lowest BCUT2D eigenvalue weighted by molar-refractivity contribution is -0.385. The Kier molecular flexibility index (Phi) is 5.80. The highest BCUT2D eigenvalue weighted by Crippen LogP contribution is 2.22. The van der Waals surface area contributed by atoms with Gasteiger partial charge in [0.2, 0.25) is 10.0 Å². The molecule has 0 saturated heterocycles. The van der Waals surface area contributed by atoms with Crippen LogP contribution in [0.1, 0.15) is 11.3 Å². The van der Waals surface area contributed by atoms with Crippen LogP contribution in [-0.4, -0.2) is 25.6 Å². The van der Waals surface area contributed by atoms with E-state index in [1.807, 2.05) is 6.07 Å². The summed E-state index contributed by atoms with van der Waals surface area (Å²) in [6.45, 7) is 1.79. The second-order valence-corrected chi connectivity index (χ2v) is 7.61. The zero-order chi connectivity index (χ0) is 16.9. The second-order valence-electron chi connectivity index (χ2n) is 4.74. The molecule has 7 nitrogen and oxygen atoms in total. The number of furan rings is 1. The molecule has 1 N–H and O–H groups in total. The highest BCUT2D eigenvalue weighted by molar-refractivity contribution is 7.98. The molecule has 1 heterocycles. The van der Waals surface area contributed by atoms with Gasteiger partial charge in [0, 0.05) is 23.9 Å². The molecule has 0 fully saturated rings. The Labute approximate surface area is 138 Å². The predicted octanol–water partition coefficient (Wildman–Crippen LogP) is 2.71. The maximum Gasteiger partial charge on any atom is 0.273 e. The Morgan fingerprint density at radius 1 is 1.35 bits per heavy atom. The molecular weight excluding hydrogens is 340 g/mol. The zero-order valence-electron chi connectivity index (χ0n) is 12.4. The van der Waals surface area contributed by atoms with Crippen LogP contribution in [0.15, 0.2) is 45.9 Å². The third-order valence-corrected chi connectivity index (χ3v) is 5.49. The van der Waals surface area contributed by atoms with Gasteiger partial charge >= 0.3 is 0 Å². The van der Waals surface area contributed by atoms with Gasteiger partial charge in [-0.2, -0.15) is 11.8 Å². The first-order valence-corrected chi connectivity index (χ1v) is 9.39. The highest BCUT2D eigenvalue weighted by Gasteiger charge is 2.19. The Hall–Kier alpha value is -1.84. The molecule has 0 aliphatic carbocycles. The Morgan fingerprint density at radius 2 is 2.13 bits per heavy atom. The number of hydrogen-bond acceptors (Lipinski definition) is 6. The minimum atomic E-state index is -3.76. The maximum absolute atomic E-state index is 12.1. The number of nitro groups is 1. The molecule has 0 spiro atoms. The molecule has 2 rings (SSSR count). The number of benzene rings is 1. The van der Waals surface area contributed by atoms with Gasteiger partial charge in [-0.15, -0.1) is 0 Å². The molecule has 124 valence electrons. The third kappa shape index (κ3) is 4.81. The third-order valence-electron chi connectivity index (χ3n) is 3.05. The van der Waals surface area contributed by atoms with Crippen LogP contribution in [0.4, 0.5) is 5.69 Å². The van der Waals surface area contributed by atoms with Gasteiger partial charge in [0.1, 0.15) is 5.76 Å². The van der Waals surface area contributed by atoms with Crippen molar-refractivity contribution in [3.63, 3.8) is 0 Å². The quantitative estimate of drug-likeness (QED) is 0.443. The summed E-state index contributed by atoms with van der Waals surface area (Å²) in [6, 6.07) is 7.51. The van der Waals surface area contributed by atoms with E-state index in [1.165, 1.54) is 23.9 Å². The number of thioether (sulfide) groups is 1. The maximum atomic E-state index is 12.1. The fourth-order valence-corrected chi connectivity index (χ4v) is 3.79. The van der Waals surface area contributed by atoms with E-state index in [0.717, 1.165) is 11.8 Å². The van der Waals surface area contributed by atoms with Gasteiger partial charge in [-0.3, -0.25) is 10.1 Å². The average molecular weight is 356 g/mol. The van der Waals surface area contributed by atoms with Crippen molar-refractivity contribution >= 4 is 27.5 Å². The van der Waals surface area contributed by atoms with E-state index in [9.17, 15) is 18.5 Å². The van der Waals surface area contributed by atoms with Crippen molar-refractivity contribution in [1.82, 2.24) is 4.72 Å². The Balaban J connectivity index is 1.91. The number of sulfonamides is 1. The number of nitrogens with zero attached hydrogens (tertiary/aromatic N) is 1. The summed E-state index contributed by atoms with van der Waals surface area (Å²) < 4.78 is 31.9. The minimum absolute atomic E-state index is 0.106. The van der Waals surface area contributed by atoms with Crippen molar-refractivity contribution in [1.29, 1.82) is 0 Å². The van der Waals surface area contributed by atoms with E-state index in [1.54, 1.807) is 19.3 Å². The van der Waals surface area contributed by atoms with Crippen LogP contribution in [0.2, 0.25) is 0 Å². The van der Waals surface area contributed by atoms with Crippen LogP contribution in [0.5, 0.6) is 0 Å². The number of nitro benzene ring substituents is 1.